The van der Waals surface area contributed by atoms with Gasteiger partial charge in [-0.15, -0.1) is 5.10 Å². The molecule has 2 saturated heterocycles. The molecule has 0 bridgehead atoms. The third kappa shape index (κ3) is 3.51. The lowest BCUT2D eigenvalue weighted by atomic mass is 9.75. The molecule has 11 nitrogen and oxygen atoms in total. The van der Waals surface area contributed by atoms with Crippen LogP contribution >= 0.6 is 0 Å². The monoisotopic (exact) mass is 507 g/mol. The Kier molecular flexibility index (Phi) is 5.64. The number of unbranched alkanes of at least 4 members (excludes halogenated alkanes) is 1. The number of rotatable bonds is 6. The first-order chi connectivity index (χ1) is 17.9. The zero-order valence-electron chi connectivity index (χ0n) is 20.5. The van der Waals surface area contributed by atoms with Crippen LogP contribution in [0, 0.1) is 11.8 Å². The molecule has 0 radical (unpaired) electrons. The van der Waals surface area contributed by atoms with E-state index < -0.39 is 35.0 Å². The number of para-hydroxylation sites is 1. The molecule has 2 fully saturated rings. The minimum Gasteiger partial charge on any atom is -0.461 e. The van der Waals surface area contributed by atoms with Gasteiger partial charge in [-0.3, -0.25) is 14.4 Å². The molecule has 4 aliphatic heterocycles. The van der Waals surface area contributed by atoms with E-state index in [1.54, 1.807) is 34.7 Å². The number of likely N-dealkylation sites (tertiary alicyclic amines) is 1. The lowest BCUT2D eigenvalue weighted by Gasteiger charge is -2.37. The van der Waals surface area contributed by atoms with Crippen molar-refractivity contribution >= 4 is 28.8 Å². The lowest BCUT2D eigenvalue weighted by Crippen LogP contribution is -2.56. The van der Waals surface area contributed by atoms with Crippen LogP contribution in [-0.4, -0.2) is 91.2 Å². The summed E-state index contributed by atoms with van der Waals surface area (Å²) in [6.07, 6.45) is 8.12. The van der Waals surface area contributed by atoms with Crippen LogP contribution in [0.1, 0.15) is 19.8 Å². The van der Waals surface area contributed by atoms with Gasteiger partial charge < -0.3 is 24.4 Å². The van der Waals surface area contributed by atoms with Gasteiger partial charge in [0.1, 0.15) is 36.4 Å². The first-order valence-corrected chi connectivity index (χ1v) is 12.6. The van der Waals surface area contributed by atoms with Gasteiger partial charge >= 0.3 is 5.97 Å². The summed E-state index contributed by atoms with van der Waals surface area (Å²) in [5.74, 6) is -2.89. The van der Waals surface area contributed by atoms with Crippen LogP contribution in [0.15, 0.2) is 48.6 Å². The highest BCUT2D eigenvalue weighted by Crippen LogP contribution is 2.57. The Morgan fingerprint density at radius 1 is 1.08 bits per heavy atom. The van der Waals surface area contributed by atoms with E-state index in [-0.39, 0.29) is 44.8 Å². The number of carbonyl (C=O) groups excluding carboxylic acids is 3. The standard InChI is InChI=1S/C26H29N5O6/c1-25-10-7-15-36-24(35)20(25)19-22(33)30(13-4-5-14-32)21-23(34)29(12-6-11-26(19,21)37-25)16-31-18-9-3-2-8-17(18)27-28-31/h2-3,6-11,19-21,32H,4-5,12-16H2,1H3/t19-,20-,21?,25+,26-/m0/s1. The van der Waals surface area contributed by atoms with Gasteiger partial charge in [-0.25, -0.2) is 4.68 Å². The molecule has 1 aromatic heterocycles. The van der Waals surface area contributed by atoms with Crippen LogP contribution in [0.25, 0.3) is 11.0 Å². The molecular weight excluding hydrogens is 478 g/mol. The maximum atomic E-state index is 14.2. The van der Waals surface area contributed by atoms with Crippen LogP contribution in [0.4, 0.5) is 0 Å². The van der Waals surface area contributed by atoms with Gasteiger partial charge in [-0.1, -0.05) is 35.6 Å². The van der Waals surface area contributed by atoms with E-state index in [1.807, 2.05) is 30.3 Å². The fraction of sp³-hybridized carbons (Fsp3) is 0.500. The summed E-state index contributed by atoms with van der Waals surface area (Å²) in [4.78, 5) is 44.5. The highest BCUT2D eigenvalue weighted by Gasteiger charge is 2.74. The molecule has 0 aliphatic carbocycles. The third-order valence-corrected chi connectivity index (χ3v) is 7.93. The second kappa shape index (κ2) is 8.77. The number of esters is 1. The van der Waals surface area contributed by atoms with Crippen molar-refractivity contribution in [3.05, 3.63) is 48.6 Å². The predicted molar refractivity (Wildman–Crippen MR) is 130 cm³/mol. The SMILES string of the molecule is C[C@@]12C=CCOC(=O)[C@@H]1[C@H]1C(=O)N(CCCCO)C3C(=O)N(Cn4nnc5ccccc54)CC=C[C@@]31O2. The molecule has 5 heterocycles. The number of benzene rings is 1. The number of nitrogens with zero attached hydrogens (tertiary/aromatic N) is 5. The zero-order chi connectivity index (χ0) is 25.8. The van der Waals surface area contributed by atoms with Gasteiger partial charge in [-0.05, 0) is 38.0 Å². The molecule has 4 aliphatic rings. The van der Waals surface area contributed by atoms with Crippen LogP contribution in [0.3, 0.4) is 0 Å². The smallest absolute Gasteiger partial charge is 0.313 e. The molecule has 1 N–H and O–H groups in total. The van der Waals surface area contributed by atoms with Crippen LogP contribution < -0.4 is 0 Å². The molecule has 2 amide bonds. The van der Waals surface area contributed by atoms with Gasteiger partial charge in [0, 0.05) is 19.7 Å². The van der Waals surface area contributed by atoms with E-state index >= 15 is 0 Å². The number of amides is 2. The molecular formula is C26H29N5O6. The van der Waals surface area contributed by atoms with Gasteiger partial charge in [0.25, 0.3) is 5.91 Å². The fourth-order valence-corrected chi connectivity index (χ4v) is 6.35. The maximum Gasteiger partial charge on any atom is 0.313 e. The summed E-state index contributed by atoms with van der Waals surface area (Å²) in [7, 11) is 0. The summed E-state index contributed by atoms with van der Waals surface area (Å²) < 4.78 is 13.7. The van der Waals surface area contributed by atoms with Crippen molar-refractivity contribution in [3.8, 4) is 0 Å². The number of hydrogen-bond donors (Lipinski definition) is 1. The highest BCUT2D eigenvalue weighted by atomic mass is 16.6. The largest absolute Gasteiger partial charge is 0.461 e. The number of aromatic nitrogens is 3. The average Bonchev–Trinajstić information content (AvgIpc) is 3.40. The second-order valence-corrected chi connectivity index (χ2v) is 10.2. The fourth-order valence-electron chi connectivity index (χ4n) is 6.35. The summed E-state index contributed by atoms with van der Waals surface area (Å²) in [5, 5.41) is 17.7. The number of aliphatic hydroxyl groups is 1. The number of fused-ring (bicyclic) bond motifs is 3. The van der Waals surface area contributed by atoms with E-state index in [1.165, 1.54) is 4.90 Å². The molecule has 1 unspecified atom stereocenters. The van der Waals surface area contributed by atoms with Crippen molar-refractivity contribution in [2.45, 2.75) is 43.7 Å². The van der Waals surface area contributed by atoms with Crippen molar-refractivity contribution in [1.29, 1.82) is 0 Å². The Morgan fingerprint density at radius 3 is 2.76 bits per heavy atom. The summed E-state index contributed by atoms with van der Waals surface area (Å²) in [6.45, 7) is 2.55. The van der Waals surface area contributed by atoms with E-state index in [0.717, 1.165) is 11.0 Å². The Morgan fingerprint density at radius 2 is 1.92 bits per heavy atom. The van der Waals surface area contributed by atoms with Crippen molar-refractivity contribution in [2.75, 3.05) is 26.3 Å². The average molecular weight is 508 g/mol. The highest BCUT2D eigenvalue weighted by molar-refractivity contribution is 5.99. The van der Waals surface area contributed by atoms with Gasteiger partial charge in [-0.2, -0.15) is 0 Å². The number of aliphatic hydroxyl groups excluding tert-OH is 1. The van der Waals surface area contributed by atoms with Crippen molar-refractivity contribution in [2.24, 2.45) is 11.8 Å². The van der Waals surface area contributed by atoms with E-state index in [9.17, 15) is 19.5 Å². The Labute approximate surface area is 213 Å². The zero-order valence-corrected chi connectivity index (χ0v) is 20.5. The summed E-state index contributed by atoms with van der Waals surface area (Å²) >= 11 is 0. The van der Waals surface area contributed by atoms with Crippen molar-refractivity contribution < 1.29 is 29.0 Å². The summed E-state index contributed by atoms with van der Waals surface area (Å²) in [6, 6.07) is 6.53. The summed E-state index contributed by atoms with van der Waals surface area (Å²) in [5.41, 5.74) is -0.910. The minimum absolute atomic E-state index is 0.0189. The molecule has 5 atom stereocenters. The number of ether oxygens (including phenoxy) is 2. The lowest BCUT2D eigenvalue weighted by molar-refractivity contribution is -0.158. The molecule has 0 saturated carbocycles. The van der Waals surface area contributed by atoms with E-state index in [2.05, 4.69) is 10.3 Å². The van der Waals surface area contributed by atoms with E-state index in [4.69, 9.17) is 9.47 Å². The molecule has 6 rings (SSSR count). The van der Waals surface area contributed by atoms with Crippen molar-refractivity contribution in [1.82, 2.24) is 24.8 Å². The molecule has 11 heteroatoms. The molecule has 2 aromatic rings. The van der Waals surface area contributed by atoms with Crippen LogP contribution in [0.2, 0.25) is 0 Å². The topological polar surface area (TPSA) is 127 Å². The minimum atomic E-state index is -1.33. The van der Waals surface area contributed by atoms with E-state index in [0.29, 0.717) is 12.8 Å². The maximum absolute atomic E-state index is 14.2. The Hall–Kier alpha value is -3.57. The number of carbonyl (C=O) groups is 3. The molecule has 1 spiro atoms. The second-order valence-electron chi connectivity index (χ2n) is 10.2. The Balaban J connectivity index is 1.41. The predicted octanol–water partition coefficient (Wildman–Crippen LogP) is 0.644. The normalized spacial score (nSPS) is 32.8. The first kappa shape index (κ1) is 23.8. The van der Waals surface area contributed by atoms with Crippen molar-refractivity contribution in [3.63, 3.8) is 0 Å². The molecule has 1 aromatic carbocycles. The Bertz CT molecular complexity index is 1320. The quantitative estimate of drug-likeness (QED) is 0.343. The molecule has 37 heavy (non-hydrogen) atoms. The van der Waals surface area contributed by atoms with Gasteiger partial charge in [0.2, 0.25) is 5.91 Å². The van der Waals surface area contributed by atoms with Gasteiger partial charge in [0.05, 0.1) is 17.0 Å². The third-order valence-electron chi connectivity index (χ3n) is 7.93. The number of cyclic esters (lactones) is 1. The van der Waals surface area contributed by atoms with Gasteiger partial charge in [0.15, 0.2) is 0 Å². The molecule has 194 valence electrons. The van der Waals surface area contributed by atoms with Crippen LogP contribution in [-0.2, 0) is 30.5 Å². The van der Waals surface area contributed by atoms with Crippen LogP contribution in [0.5, 0.6) is 0 Å². The first-order valence-electron chi connectivity index (χ1n) is 12.6. The number of hydrogen-bond acceptors (Lipinski definition) is 8.